The summed E-state index contributed by atoms with van der Waals surface area (Å²) in [5.41, 5.74) is 2.29. The fraction of sp³-hybridized carbons (Fsp3) is 0.120. The van der Waals surface area contributed by atoms with Crippen LogP contribution in [0, 0.1) is 13.8 Å². The second-order valence-electron chi connectivity index (χ2n) is 7.00. The van der Waals surface area contributed by atoms with Gasteiger partial charge in [-0.25, -0.2) is 9.97 Å². The average molecular weight is 383 g/mol. The van der Waals surface area contributed by atoms with Crippen LogP contribution in [0.15, 0.2) is 97.2 Å². The predicted octanol–water partition coefficient (Wildman–Crippen LogP) is 4.59. The van der Waals surface area contributed by atoms with Crippen LogP contribution in [-0.2, 0) is 6.16 Å². The van der Waals surface area contributed by atoms with E-state index in [-0.39, 0.29) is 0 Å². The van der Waals surface area contributed by atoms with Crippen LogP contribution in [0.2, 0.25) is 0 Å². The van der Waals surface area contributed by atoms with Gasteiger partial charge in [-0.1, -0.05) is 54.6 Å². The van der Waals surface area contributed by atoms with E-state index in [9.17, 15) is 0 Å². The fourth-order valence-corrected chi connectivity index (χ4v) is 8.09. The van der Waals surface area contributed by atoms with Crippen LogP contribution in [0.4, 0.5) is 0 Å². The summed E-state index contributed by atoms with van der Waals surface area (Å²) in [4.78, 5) is 9.16. The summed E-state index contributed by atoms with van der Waals surface area (Å²) in [6.07, 6.45) is 2.93. The zero-order valence-corrected chi connectivity index (χ0v) is 17.2. The Bertz CT molecular complexity index is 951. The van der Waals surface area contributed by atoms with Gasteiger partial charge in [0.15, 0.2) is 0 Å². The van der Waals surface area contributed by atoms with Crippen molar-refractivity contribution in [3.05, 3.63) is 114 Å². The van der Waals surface area contributed by atoms with Crippen molar-refractivity contribution >= 4 is 23.2 Å². The quantitative estimate of drug-likeness (QED) is 0.471. The van der Waals surface area contributed by atoms with Crippen molar-refractivity contribution in [1.82, 2.24) is 9.97 Å². The summed E-state index contributed by atoms with van der Waals surface area (Å²) in [6, 6.07) is 32.8. The van der Waals surface area contributed by atoms with Crippen LogP contribution in [-0.4, -0.2) is 9.97 Å². The van der Waals surface area contributed by atoms with Gasteiger partial charge in [0.05, 0.1) is 0 Å². The molecule has 0 aliphatic heterocycles. The van der Waals surface area contributed by atoms with Crippen molar-refractivity contribution in [2.24, 2.45) is 0 Å². The first kappa shape index (κ1) is 18.5. The van der Waals surface area contributed by atoms with Gasteiger partial charge in [-0.05, 0) is 50.2 Å². The Labute approximate surface area is 167 Å². The first-order valence-electron chi connectivity index (χ1n) is 9.54. The zero-order chi connectivity index (χ0) is 19.4. The monoisotopic (exact) mass is 383 g/mol. The molecule has 0 fully saturated rings. The molecule has 0 aliphatic rings. The van der Waals surface area contributed by atoms with E-state index in [1.165, 1.54) is 21.5 Å². The molecule has 4 aromatic rings. The van der Waals surface area contributed by atoms with Crippen molar-refractivity contribution in [1.29, 1.82) is 0 Å². The van der Waals surface area contributed by atoms with Crippen molar-refractivity contribution < 1.29 is 0 Å². The molecule has 3 heteroatoms. The molecule has 0 bridgehead atoms. The molecule has 0 amide bonds. The highest BCUT2D eigenvalue weighted by atomic mass is 31.2. The number of rotatable bonds is 5. The van der Waals surface area contributed by atoms with Gasteiger partial charge in [0.2, 0.25) is 0 Å². The van der Waals surface area contributed by atoms with Crippen molar-refractivity contribution in [3.63, 3.8) is 0 Å². The predicted molar refractivity (Wildman–Crippen MR) is 120 cm³/mol. The molecule has 4 rings (SSSR count). The third-order valence-electron chi connectivity index (χ3n) is 5.20. The Balaban J connectivity index is 2.01. The number of benzene rings is 3. The molecule has 0 atom stereocenters. The summed E-state index contributed by atoms with van der Waals surface area (Å²) in [5.74, 6) is 0.823. The van der Waals surface area contributed by atoms with E-state index in [4.69, 9.17) is 0 Å². The summed E-state index contributed by atoms with van der Waals surface area (Å²) >= 11 is 0. The normalized spacial score (nSPS) is 11.4. The third-order valence-corrected chi connectivity index (χ3v) is 9.55. The molecule has 3 aromatic carbocycles. The maximum absolute atomic E-state index is 4.65. The topological polar surface area (TPSA) is 25.8 Å². The summed E-state index contributed by atoms with van der Waals surface area (Å²) < 4.78 is 0. The number of aromatic nitrogens is 2. The van der Waals surface area contributed by atoms with Crippen LogP contribution in [0.25, 0.3) is 0 Å². The minimum Gasteiger partial charge on any atom is -0.241 e. The smallest absolute Gasteiger partial charge is 0.125 e. The molecule has 1 aromatic heterocycles. The fourth-order valence-electron chi connectivity index (χ4n) is 3.79. The first-order chi connectivity index (χ1) is 13.7. The lowest BCUT2D eigenvalue weighted by atomic mass is 10.3. The van der Waals surface area contributed by atoms with E-state index in [0.717, 1.165) is 17.7 Å². The van der Waals surface area contributed by atoms with Crippen molar-refractivity contribution in [2.75, 3.05) is 0 Å². The van der Waals surface area contributed by atoms with E-state index in [0.29, 0.717) is 0 Å². The minimum absolute atomic E-state index is 0.823. The van der Waals surface area contributed by atoms with Gasteiger partial charge >= 0.3 is 0 Å². The Morgan fingerprint density at radius 1 is 0.643 bits per heavy atom. The first-order valence-corrected chi connectivity index (χ1v) is 11.5. The number of hydrogen-bond donors (Lipinski definition) is 0. The lowest BCUT2D eigenvalue weighted by molar-refractivity contribution is 0.979. The molecule has 0 saturated carbocycles. The Hall–Kier alpha value is -2.83. The molecule has 0 unspecified atom stereocenters. The molecule has 28 heavy (non-hydrogen) atoms. The van der Waals surface area contributed by atoms with Crippen LogP contribution in [0.5, 0.6) is 0 Å². The third kappa shape index (κ3) is 3.48. The summed E-state index contributed by atoms with van der Waals surface area (Å²) in [7, 11) is -1.90. The van der Waals surface area contributed by atoms with E-state index >= 15 is 0 Å². The van der Waals surface area contributed by atoms with Gasteiger partial charge in [-0.2, -0.15) is 0 Å². The lowest BCUT2D eigenvalue weighted by Gasteiger charge is -2.28. The van der Waals surface area contributed by atoms with Crippen LogP contribution in [0.3, 0.4) is 0 Å². The lowest BCUT2D eigenvalue weighted by Crippen LogP contribution is -2.32. The molecular weight excluding hydrogens is 359 g/mol. The van der Waals surface area contributed by atoms with E-state index in [1.807, 2.05) is 13.1 Å². The van der Waals surface area contributed by atoms with Gasteiger partial charge in [0.25, 0.3) is 0 Å². The Morgan fingerprint density at radius 2 is 1.07 bits per heavy atom. The highest BCUT2D eigenvalue weighted by Gasteiger charge is 2.45. The van der Waals surface area contributed by atoms with Crippen LogP contribution < -0.4 is 15.9 Å². The Morgan fingerprint density at radius 3 is 1.46 bits per heavy atom. The maximum Gasteiger partial charge on any atom is 0.125 e. The van der Waals surface area contributed by atoms with Gasteiger partial charge < -0.3 is 0 Å². The molecule has 0 radical (unpaired) electrons. The molecule has 0 spiro atoms. The maximum atomic E-state index is 4.65. The largest absolute Gasteiger partial charge is 0.241 e. The highest BCUT2D eigenvalue weighted by Crippen LogP contribution is 2.58. The van der Waals surface area contributed by atoms with Gasteiger partial charge in [-0.15, -0.1) is 0 Å². The number of hydrogen-bond acceptors (Lipinski definition) is 2. The SMILES string of the molecule is Cc1ncc(C[P+](c2ccccc2)(c2ccccc2)c2ccccc2)c(C)n1. The molecule has 1 heterocycles. The van der Waals surface area contributed by atoms with Gasteiger partial charge in [-0.3, -0.25) is 0 Å². The molecule has 138 valence electrons. The summed E-state index contributed by atoms with van der Waals surface area (Å²) in [5, 5.41) is 4.15. The van der Waals surface area contributed by atoms with E-state index < -0.39 is 7.26 Å². The highest BCUT2D eigenvalue weighted by molar-refractivity contribution is 7.95. The Kier molecular flexibility index (Phi) is 5.32. The number of nitrogens with zero attached hydrogens (tertiary/aromatic N) is 2. The van der Waals surface area contributed by atoms with Crippen molar-refractivity contribution in [2.45, 2.75) is 20.0 Å². The second-order valence-corrected chi connectivity index (χ2v) is 10.5. The van der Waals surface area contributed by atoms with Crippen LogP contribution >= 0.6 is 7.26 Å². The second kappa shape index (κ2) is 8.04. The molecular formula is C25H24N2P+. The average Bonchev–Trinajstić information content (AvgIpc) is 2.75. The molecule has 0 N–H and O–H groups in total. The molecule has 0 aliphatic carbocycles. The standard InChI is InChI=1S/C25H24N2P/c1-20-22(18-26-21(2)27-20)19-28(23-12-6-3-7-13-23,24-14-8-4-9-15-24)25-16-10-5-11-17-25/h3-18H,19H2,1-2H3/q+1. The van der Waals surface area contributed by atoms with Crippen molar-refractivity contribution in [3.8, 4) is 0 Å². The summed E-state index contributed by atoms with van der Waals surface area (Å²) in [6.45, 7) is 4.05. The molecule has 0 saturated heterocycles. The van der Waals surface area contributed by atoms with E-state index in [1.54, 1.807) is 0 Å². The van der Waals surface area contributed by atoms with Gasteiger partial charge in [0.1, 0.15) is 35.2 Å². The minimum atomic E-state index is -1.90. The van der Waals surface area contributed by atoms with Gasteiger partial charge in [0, 0.05) is 17.5 Å². The van der Waals surface area contributed by atoms with Crippen LogP contribution in [0.1, 0.15) is 17.1 Å². The number of aryl methyl sites for hydroxylation is 2. The van der Waals surface area contributed by atoms with E-state index in [2.05, 4.69) is 108 Å². The molecule has 2 nitrogen and oxygen atoms in total. The zero-order valence-electron chi connectivity index (χ0n) is 16.3.